The molecule has 2 rings (SSSR count). The molecule has 0 aliphatic carbocycles. The van der Waals surface area contributed by atoms with Gasteiger partial charge in [0, 0.05) is 16.9 Å². The number of benzene rings is 2. The summed E-state index contributed by atoms with van der Waals surface area (Å²) in [6.07, 6.45) is 1.01. The molecule has 1 amide bonds. The topological polar surface area (TPSA) is 75.3 Å². The van der Waals surface area contributed by atoms with Gasteiger partial charge in [0.25, 0.3) is 5.91 Å². The zero-order valence-corrected chi connectivity index (χ0v) is 13.0. The minimum Gasteiger partial charge on any atom is -0.322 e. The number of carbonyl (C=O) groups excluding carboxylic acids is 1. The summed E-state index contributed by atoms with van der Waals surface area (Å²) in [5.41, 5.74) is 0.847. The fourth-order valence-corrected chi connectivity index (χ4v) is 2.45. The van der Waals surface area contributed by atoms with E-state index >= 15 is 0 Å². The molecule has 0 radical (unpaired) electrons. The summed E-state index contributed by atoms with van der Waals surface area (Å²) >= 11 is 5.64. The van der Waals surface area contributed by atoms with Gasteiger partial charge in [0.15, 0.2) is 0 Å². The van der Waals surface area contributed by atoms with E-state index in [1.54, 1.807) is 6.07 Å². The third-order valence-corrected chi connectivity index (χ3v) is 3.50. The van der Waals surface area contributed by atoms with Gasteiger partial charge in [0.2, 0.25) is 10.0 Å². The number of amides is 1. The molecule has 0 spiro atoms. The second-order valence-electron chi connectivity index (χ2n) is 4.54. The first-order valence-electron chi connectivity index (χ1n) is 6.09. The van der Waals surface area contributed by atoms with E-state index in [4.69, 9.17) is 11.6 Å². The maximum absolute atomic E-state index is 13.1. The highest BCUT2D eigenvalue weighted by molar-refractivity contribution is 7.92. The highest BCUT2D eigenvalue weighted by Crippen LogP contribution is 2.20. The molecule has 0 heterocycles. The number of carbonyl (C=O) groups is 1. The molecule has 2 aromatic rings. The van der Waals surface area contributed by atoms with E-state index in [0.717, 1.165) is 12.3 Å². The van der Waals surface area contributed by atoms with E-state index in [1.807, 2.05) is 0 Å². The Hall–Kier alpha value is -2.12. The van der Waals surface area contributed by atoms with Crippen LogP contribution < -0.4 is 10.0 Å². The zero-order chi connectivity index (χ0) is 16.3. The van der Waals surface area contributed by atoms with Crippen molar-refractivity contribution in [2.24, 2.45) is 0 Å². The Bertz CT molecular complexity index is 825. The van der Waals surface area contributed by atoms with Gasteiger partial charge in [-0.25, -0.2) is 12.8 Å². The molecule has 5 nitrogen and oxygen atoms in total. The van der Waals surface area contributed by atoms with E-state index in [0.29, 0.717) is 5.69 Å². The largest absolute Gasteiger partial charge is 0.322 e. The minimum absolute atomic E-state index is 0.106. The summed E-state index contributed by atoms with van der Waals surface area (Å²) in [6.45, 7) is 0. The van der Waals surface area contributed by atoms with Gasteiger partial charge in [0.05, 0.1) is 11.3 Å². The van der Waals surface area contributed by atoms with Gasteiger partial charge in [-0.1, -0.05) is 17.7 Å². The first kappa shape index (κ1) is 16.3. The van der Waals surface area contributed by atoms with Crippen LogP contribution in [0.5, 0.6) is 0 Å². The van der Waals surface area contributed by atoms with Crippen LogP contribution in [0.2, 0.25) is 5.02 Å². The van der Waals surface area contributed by atoms with Crippen LogP contribution in [0.15, 0.2) is 42.5 Å². The zero-order valence-electron chi connectivity index (χ0n) is 11.4. The number of hydrogen-bond donors (Lipinski definition) is 2. The Morgan fingerprint density at radius 1 is 1.14 bits per heavy atom. The average molecular weight is 343 g/mol. The molecule has 0 atom stereocenters. The maximum atomic E-state index is 13.1. The Morgan fingerprint density at radius 3 is 2.50 bits per heavy atom. The predicted octanol–water partition coefficient (Wildman–Crippen LogP) is 3.10. The lowest BCUT2D eigenvalue weighted by atomic mass is 10.2. The Balaban J connectivity index is 2.19. The molecule has 0 bridgehead atoms. The second kappa shape index (κ2) is 6.33. The van der Waals surface area contributed by atoms with Crippen LogP contribution in [0.4, 0.5) is 15.8 Å². The molecule has 2 aromatic carbocycles. The van der Waals surface area contributed by atoms with Crippen LogP contribution in [-0.2, 0) is 10.0 Å². The lowest BCUT2D eigenvalue weighted by Crippen LogP contribution is -2.14. The van der Waals surface area contributed by atoms with Gasteiger partial charge in [-0.15, -0.1) is 0 Å². The van der Waals surface area contributed by atoms with Gasteiger partial charge >= 0.3 is 0 Å². The van der Waals surface area contributed by atoms with Crippen molar-refractivity contribution in [2.45, 2.75) is 0 Å². The standard InChI is InChI=1S/C14H12ClFN2O3S/c1-22(20,21)18-11-4-2-3-9(7-11)14(19)17-10-5-6-13(16)12(15)8-10/h2-8,18H,1H3,(H,17,19). The smallest absolute Gasteiger partial charge is 0.255 e. The molecule has 0 saturated carbocycles. The molecular weight excluding hydrogens is 331 g/mol. The van der Waals surface area contributed by atoms with Crippen LogP contribution in [0.1, 0.15) is 10.4 Å². The van der Waals surface area contributed by atoms with E-state index in [1.165, 1.54) is 30.3 Å². The SMILES string of the molecule is CS(=O)(=O)Nc1cccc(C(=O)Nc2ccc(F)c(Cl)c2)c1. The maximum Gasteiger partial charge on any atom is 0.255 e. The lowest BCUT2D eigenvalue weighted by molar-refractivity contribution is 0.102. The monoisotopic (exact) mass is 342 g/mol. The van der Waals surface area contributed by atoms with E-state index in [2.05, 4.69) is 10.0 Å². The summed E-state index contributed by atoms with van der Waals surface area (Å²) in [6, 6.07) is 9.77. The van der Waals surface area contributed by atoms with Crippen LogP contribution in [0.3, 0.4) is 0 Å². The number of hydrogen-bond acceptors (Lipinski definition) is 3. The van der Waals surface area contributed by atoms with Crippen LogP contribution in [0, 0.1) is 5.82 Å². The predicted molar refractivity (Wildman–Crippen MR) is 84.3 cm³/mol. The highest BCUT2D eigenvalue weighted by Gasteiger charge is 2.10. The molecule has 0 aliphatic heterocycles. The van der Waals surface area contributed by atoms with Crippen molar-refractivity contribution < 1.29 is 17.6 Å². The van der Waals surface area contributed by atoms with Gasteiger partial charge in [-0.05, 0) is 36.4 Å². The van der Waals surface area contributed by atoms with Crippen molar-refractivity contribution in [3.05, 3.63) is 58.9 Å². The van der Waals surface area contributed by atoms with E-state index in [-0.39, 0.29) is 16.3 Å². The second-order valence-corrected chi connectivity index (χ2v) is 6.69. The van der Waals surface area contributed by atoms with Crippen LogP contribution in [-0.4, -0.2) is 20.6 Å². The van der Waals surface area contributed by atoms with Crippen molar-refractivity contribution in [1.82, 2.24) is 0 Å². The molecule has 2 N–H and O–H groups in total. The molecule has 22 heavy (non-hydrogen) atoms. The Labute approximate surface area is 132 Å². The Morgan fingerprint density at radius 2 is 1.86 bits per heavy atom. The summed E-state index contributed by atoms with van der Waals surface area (Å²) in [5.74, 6) is -1.06. The quantitative estimate of drug-likeness (QED) is 0.896. The van der Waals surface area contributed by atoms with Gasteiger partial charge in [-0.2, -0.15) is 0 Å². The van der Waals surface area contributed by atoms with E-state index < -0.39 is 21.7 Å². The molecule has 0 fully saturated rings. The molecule has 0 saturated heterocycles. The fourth-order valence-electron chi connectivity index (χ4n) is 1.72. The van der Waals surface area contributed by atoms with Crippen molar-refractivity contribution in [3.8, 4) is 0 Å². The van der Waals surface area contributed by atoms with Gasteiger partial charge in [-0.3, -0.25) is 9.52 Å². The normalized spacial score (nSPS) is 11.0. The average Bonchev–Trinajstić information content (AvgIpc) is 2.41. The summed E-state index contributed by atoms with van der Waals surface area (Å²) in [4.78, 5) is 12.1. The van der Waals surface area contributed by atoms with Crippen molar-refractivity contribution in [2.75, 3.05) is 16.3 Å². The molecular formula is C14H12ClFN2O3S. The molecule has 0 aromatic heterocycles. The lowest BCUT2D eigenvalue weighted by Gasteiger charge is -2.08. The molecule has 8 heteroatoms. The molecule has 0 aliphatic rings. The van der Waals surface area contributed by atoms with Crippen LogP contribution >= 0.6 is 11.6 Å². The van der Waals surface area contributed by atoms with Crippen molar-refractivity contribution in [1.29, 1.82) is 0 Å². The molecule has 0 unspecified atom stereocenters. The third kappa shape index (κ3) is 4.44. The number of anilines is 2. The molecule has 116 valence electrons. The number of halogens is 2. The third-order valence-electron chi connectivity index (χ3n) is 2.61. The number of sulfonamides is 1. The number of rotatable bonds is 4. The first-order chi connectivity index (χ1) is 10.2. The summed E-state index contributed by atoms with van der Waals surface area (Å²) in [7, 11) is -3.43. The summed E-state index contributed by atoms with van der Waals surface area (Å²) < 4.78 is 37.7. The number of nitrogens with one attached hydrogen (secondary N) is 2. The highest BCUT2D eigenvalue weighted by atomic mass is 35.5. The van der Waals surface area contributed by atoms with Gasteiger partial charge < -0.3 is 5.32 Å². The van der Waals surface area contributed by atoms with Crippen molar-refractivity contribution >= 4 is 38.9 Å². The van der Waals surface area contributed by atoms with Crippen LogP contribution in [0.25, 0.3) is 0 Å². The minimum atomic E-state index is -3.43. The fraction of sp³-hybridized carbons (Fsp3) is 0.0714. The van der Waals surface area contributed by atoms with E-state index in [9.17, 15) is 17.6 Å². The first-order valence-corrected chi connectivity index (χ1v) is 8.36. The van der Waals surface area contributed by atoms with Crippen molar-refractivity contribution in [3.63, 3.8) is 0 Å². The Kier molecular flexibility index (Phi) is 4.68. The summed E-state index contributed by atoms with van der Waals surface area (Å²) in [5, 5.41) is 2.44. The van der Waals surface area contributed by atoms with Gasteiger partial charge in [0.1, 0.15) is 5.82 Å².